The number of hydrogen-bond donors (Lipinski definition) is 2. The maximum absolute atomic E-state index is 10.9. The van der Waals surface area contributed by atoms with Crippen LogP contribution in [0.4, 0.5) is 5.69 Å². The number of aromatic nitrogens is 4. The normalized spacial score (nSPS) is 10.5. The van der Waals surface area contributed by atoms with Gasteiger partial charge in [0.1, 0.15) is 5.75 Å². The minimum atomic E-state index is -0.989. The van der Waals surface area contributed by atoms with Crippen LogP contribution in [0.3, 0.4) is 0 Å². The van der Waals surface area contributed by atoms with Gasteiger partial charge in [-0.05, 0) is 52.9 Å². The Balaban J connectivity index is 2.02. The average molecular weight is 311 g/mol. The number of anilines is 1. The third kappa shape index (κ3) is 2.69. The second-order valence-electron chi connectivity index (χ2n) is 4.72. The number of nitrogen functional groups attached to an aromatic ring is 1. The molecule has 0 aliphatic rings. The van der Waals surface area contributed by atoms with Gasteiger partial charge in [0.15, 0.2) is 5.82 Å². The summed E-state index contributed by atoms with van der Waals surface area (Å²) < 4.78 is 6.64. The molecule has 0 aliphatic carbocycles. The van der Waals surface area contributed by atoms with Crippen molar-refractivity contribution in [3.63, 3.8) is 0 Å². The van der Waals surface area contributed by atoms with E-state index in [1.165, 1.54) is 16.8 Å². The first-order chi connectivity index (χ1) is 11.1. The minimum Gasteiger partial charge on any atom is -0.495 e. The van der Waals surface area contributed by atoms with Gasteiger partial charge in [-0.15, -0.1) is 5.10 Å². The molecular formula is C15H13N5O3. The summed E-state index contributed by atoms with van der Waals surface area (Å²) in [6.07, 6.45) is 0. The molecule has 0 fully saturated rings. The molecule has 1 heterocycles. The molecule has 8 heteroatoms. The first kappa shape index (κ1) is 14.5. The molecule has 0 atom stereocenters. The number of carbonyl (C=O) groups is 1. The van der Waals surface area contributed by atoms with Crippen molar-refractivity contribution >= 4 is 11.7 Å². The summed E-state index contributed by atoms with van der Waals surface area (Å²) >= 11 is 0. The van der Waals surface area contributed by atoms with Gasteiger partial charge in [0, 0.05) is 5.56 Å². The van der Waals surface area contributed by atoms with Crippen molar-refractivity contribution in [2.75, 3.05) is 12.8 Å². The molecule has 1 aromatic heterocycles. The van der Waals surface area contributed by atoms with Crippen molar-refractivity contribution in [3.8, 4) is 22.8 Å². The molecule has 0 spiro atoms. The molecule has 0 unspecified atom stereocenters. The van der Waals surface area contributed by atoms with Crippen LogP contribution in [0.2, 0.25) is 0 Å². The Bertz CT molecular complexity index is 858. The van der Waals surface area contributed by atoms with Gasteiger partial charge in [-0.1, -0.05) is 0 Å². The fourth-order valence-corrected chi connectivity index (χ4v) is 2.16. The lowest BCUT2D eigenvalue weighted by atomic mass is 10.1. The SMILES string of the molecule is COc1ccc(-c2nnnn2-c2ccc(C(=O)O)cc2)cc1N. The van der Waals surface area contributed by atoms with E-state index in [2.05, 4.69) is 15.5 Å². The fourth-order valence-electron chi connectivity index (χ4n) is 2.16. The van der Waals surface area contributed by atoms with E-state index in [9.17, 15) is 4.79 Å². The monoisotopic (exact) mass is 311 g/mol. The number of aromatic carboxylic acids is 1. The molecule has 116 valence electrons. The number of carboxylic acids is 1. The Kier molecular flexibility index (Phi) is 3.63. The molecule has 0 amide bonds. The predicted octanol–water partition coefficient (Wildman–Crippen LogP) is 1.62. The third-order valence-electron chi connectivity index (χ3n) is 3.32. The van der Waals surface area contributed by atoms with E-state index in [1.54, 1.807) is 37.4 Å². The highest BCUT2D eigenvalue weighted by Crippen LogP contribution is 2.27. The lowest BCUT2D eigenvalue weighted by molar-refractivity contribution is 0.0697. The number of rotatable bonds is 4. The van der Waals surface area contributed by atoms with Crippen LogP contribution >= 0.6 is 0 Å². The Hall–Kier alpha value is -3.42. The second-order valence-corrected chi connectivity index (χ2v) is 4.72. The summed E-state index contributed by atoms with van der Waals surface area (Å²) in [6, 6.07) is 11.5. The van der Waals surface area contributed by atoms with Crippen molar-refractivity contribution in [2.45, 2.75) is 0 Å². The summed E-state index contributed by atoms with van der Waals surface area (Å²) in [5.74, 6) is 0.0671. The number of carboxylic acid groups (broad SMARTS) is 1. The Labute approximate surface area is 131 Å². The van der Waals surface area contributed by atoms with Gasteiger partial charge >= 0.3 is 5.97 Å². The molecular weight excluding hydrogens is 298 g/mol. The van der Waals surface area contributed by atoms with Crippen LogP contribution in [0.25, 0.3) is 17.1 Å². The largest absolute Gasteiger partial charge is 0.495 e. The molecule has 0 bridgehead atoms. The standard InChI is InChI=1S/C15H13N5O3/c1-23-13-7-4-10(8-12(13)16)14-17-18-19-20(14)11-5-2-9(3-6-11)15(21)22/h2-8H,16H2,1H3,(H,21,22). The summed E-state index contributed by atoms with van der Waals surface area (Å²) in [5.41, 5.74) is 7.94. The van der Waals surface area contributed by atoms with Crippen LogP contribution in [0.15, 0.2) is 42.5 Å². The van der Waals surface area contributed by atoms with Crippen molar-refractivity contribution in [1.82, 2.24) is 20.2 Å². The summed E-state index contributed by atoms with van der Waals surface area (Å²) in [5, 5.41) is 20.6. The number of ether oxygens (including phenoxy) is 1. The van der Waals surface area contributed by atoms with E-state index in [4.69, 9.17) is 15.6 Å². The molecule has 2 aromatic carbocycles. The first-order valence-electron chi connectivity index (χ1n) is 6.66. The number of tetrazole rings is 1. The van der Waals surface area contributed by atoms with E-state index in [1.807, 2.05) is 0 Å². The van der Waals surface area contributed by atoms with E-state index in [-0.39, 0.29) is 5.56 Å². The average Bonchev–Trinajstić information content (AvgIpc) is 3.04. The zero-order chi connectivity index (χ0) is 16.4. The van der Waals surface area contributed by atoms with Crippen molar-refractivity contribution in [2.24, 2.45) is 0 Å². The van der Waals surface area contributed by atoms with Gasteiger partial charge < -0.3 is 15.6 Å². The lowest BCUT2D eigenvalue weighted by Gasteiger charge is -2.08. The molecule has 3 rings (SSSR count). The van der Waals surface area contributed by atoms with Crippen LogP contribution in [0.1, 0.15) is 10.4 Å². The summed E-state index contributed by atoms with van der Waals surface area (Å²) in [6.45, 7) is 0. The van der Waals surface area contributed by atoms with Crippen LogP contribution in [-0.2, 0) is 0 Å². The molecule has 0 aliphatic heterocycles. The molecule has 3 N–H and O–H groups in total. The Morgan fingerprint density at radius 1 is 1.22 bits per heavy atom. The quantitative estimate of drug-likeness (QED) is 0.703. The van der Waals surface area contributed by atoms with E-state index < -0.39 is 5.97 Å². The van der Waals surface area contributed by atoms with Crippen molar-refractivity contribution in [3.05, 3.63) is 48.0 Å². The van der Waals surface area contributed by atoms with Gasteiger partial charge in [-0.2, -0.15) is 4.68 Å². The number of hydrogen-bond acceptors (Lipinski definition) is 6. The van der Waals surface area contributed by atoms with E-state index in [0.717, 1.165) is 5.56 Å². The highest BCUT2D eigenvalue weighted by atomic mass is 16.5. The zero-order valence-corrected chi connectivity index (χ0v) is 12.2. The smallest absolute Gasteiger partial charge is 0.335 e. The number of methoxy groups -OCH3 is 1. The van der Waals surface area contributed by atoms with Crippen LogP contribution < -0.4 is 10.5 Å². The maximum Gasteiger partial charge on any atom is 0.335 e. The van der Waals surface area contributed by atoms with Gasteiger partial charge in [0.05, 0.1) is 24.0 Å². The minimum absolute atomic E-state index is 0.192. The van der Waals surface area contributed by atoms with Gasteiger partial charge in [0.25, 0.3) is 0 Å². The number of nitrogens with two attached hydrogens (primary N) is 1. The topological polar surface area (TPSA) is 116 Å². The van der Waals surface area contributed by atoms with Crippen molar-refractivity contribution < 1.29 is 14.6 Å². The highest BCUT2D eigenvalue weighted by molar-refractivity contribution is 5.87. The Morgan fingerprint density at radius 3 is 2.57 bits per heavy atom. The van der Waals surface area contributed by atoms with Gasteiger partial charge in [-0.25, -0.2) is 4.79 Å². The fraction of sp³-hybridized carbons (Fsp3) is 0.0667. The van der Waals surface area contributed by atoms with E-state index >= 15 is 0 Å². The summed E-state index contributed by atoms with van der Waals surface area (Å²) in [4.78, 5) is 10.9. The predicted molar refractivity (Wildman–Crippen MR) is 82.5 cm³/mol. The highest BCUT2D eigenvalue weighted by Gasteiger charge is 2.13. The maximum atomic E-state index is 10.9. The lowest BCUT2D eigenvalue weighted by Crippen LogP contribution is -2.02. The van der Waals surface area contributed by atoms with Gasteiger partial charge in [-0.3, -0.25) is 0 Å². The molecule has 3 aromatic rings. The Morgan fingerprint density at radius 2 is 1.96 bits per heavy atom. The number of benzene rings is 2. The molecule has 0 saturated carbocycles. The molecule has 0 saturated heterocycles. The van der Waals surface area contributed by atoms with Crippen LogP contribution in [0.5, 0.6) is 5.75 Å². The molecule has 23 heavy (non-hydrogen) atoms. The van der Waals surface area contributed by atoms with E-state index in [0.29, 0.717) is 22.9 Å². The third-order valence-corrected chi connectivity index (χ3v) is 3.32. The molecule has 8 nitrogen and oxygen atoms in total. The van der Waals surface area contributed by atoms with Crippen LogP contribution in [0, 0.1) is 0 Å². The molecule has 0 radical (unpaired) electrons. The van der Waals surface area contributed by atoms with Crippen LogP contribution in [-0.4, -0.2) is 38.4 Å². The van der Waals surface area contributed by atoms with Gasteiger partial charge in [0.2, 0.25) is 0 Å². The first-order valence-corrected chi connectivity index (χ1v) is 6.66. The second kappa shape index (κ2) is 5.76. The summed E-state index contributed by atoms with van der Waals surface area (Å²) in [7, 11) is 1.54. The van der Waals surface area contributed by atoms with Crippen molar-refractivity contribution in [1.29, 1.82) is 0 Å². The zero-order valence-electron chi connectivity index (χ0n) is 12.2. The number of nitrogens with zero attached hydrogens (tertiary/aromatic N) is 4.